The Bertz CT molecular complexity index is 591. The molecule has 94 valence electrons. The van der Waals surface area contributed by atoms with Gasteiger partial charge in [0.1, 0.15) is 0 Å². The van der Waals surface area contributed by atoms with E-state index in [1.807, 2.05) is 6.92 Å². The van der Waals surface area contributed by atoms with Gasteiger partial charge in [0.15, 0.2) is 0 Å². The Hall–Kier alpha value is -2.07. The molecule has 1 nitrogen and oxygen atoms in total. The third-order valence-electron chi connectivity index (χ3n) is 4.05. The highest BCUT2D eigenvalue weighted by atomic mass is 14.3. The summed E-state index contributed by atoms with van der Waals surface area (Å²) in [5.41, 5.74) is 5.64. The molecule has 3 rings (SSSR count). The van der Waals surface area contributed by atoms with Crippen molar-refractivity contribution in [1.29, 1.82) is 5.26 Å². The number of nitriles is 1. The van der Waals surface area contributed by atoms with Crippen molar-refractivity contribution in [1.82, 2.24) is 0 Å². The minimum absolute atomic E-state index is 0.0872. The molecular formula is C18H17N. The maximum absolute atomic E-state index is 9.11. The highest BCUT2D eigenvalue weighted by Gasteiger charge is 2.26. The Balaban J connectivity index is 2.09. The van der Waals surface area contributed by atoms with Gasteiger partial charge >= 0.3 is 0 Å². The number of rotatable bonds is 2. The molecule has 0 fully saturated rings. The molecule has 0 saturated carbocycles. The predicted molar refractivity (Wildman–Crippen MR) is 76.9 cm³/mol. The summed E-state index contributed by atoms with van der Waals surface area (Å²) in [6.07, 6.45) is 1.92. The Morgan fingerprint density at radius 2 is 1.58 bits per heavy atom. The average molecular weight is 247 g/mol. The molecule has 1 aliphatic carbocycles. The topological polar surface area (TPSA) is 23.8 Å². The Morgan fingerprint density at radius 3 is 2.11 bits per heavy atom. The molecule has 0 saturated heterocycles. The minimum Gasteiger partial charge on any atom is -0.198 e. The minimum atomic E-state index is 0.0872. The second-order valence-electron chi connectivity index (χ2n) is 5.39. The molecule has 0 radical (unpaired) electrons. The highest BCUT2D eigenvalue weighted by Crippen LogP contribution is 2.39. The quantitative estimate of drug-likeness (QED) is 0.777. The summed E-state index contributed by atoms with van der Waals surface area (Å²) >= 11 is 0. The van der Waals surface area contributed by atoms with E-state index in [9.17, 15) is 0 Å². The molecule has 0 heterocycles. The van der Waals surface area contributed by atoms with Crippen LogP contribution in [0.25, 0.3) is 0 Å². The van der Waals surface area contributed by atoms with Gasteiger partial charge in [0, 0.05) is 11.8 Å². The zero-order chi connectivity index (χ0) is 13.2. The predicted octanol–water partition coefficient (Wildman–Crippen LogP) is 4.27. The van der Waals surface area contributed by atoms with Crippen molar-refractivity contribution in [3.8, 4) is 6.07 Å². The standard InChI is InChI=1S/C18H17N/c1-13(12-19)10-18-16-8-4-2-6-14(16)11-15-7-3-5-9-17(15)18/h2-9,13,18H,10-11H2,1H3. The van der Waals surface area contributed by atoms with E-state index in [1.54, 1.807) is 0 Å². The van der Waals surface area contributed by atoms with Gasteiger partial charge in [-0.1, -0.05) is 48.5 Å². The van der Waals surface area contributed by atoms with Crippen molar-refractivity contribution in [2.24, 2.45) is 5.92 Å². The summed E-state index contributed by atoms with van der Waals surface area (Å²) in [6, 6.07) is 19.7. The van der Waals surface area contributed by atoms with Gasteiger partial charge in [-0.25, -0.2) is 0 Å². The van der Waals surface area contributed by atoms with Crippen molar-refractivity contribution in [2.75, 3.05) is 0 Å². The van der Waals surface area contributed by atoms with Crippen LogP contribution in [0.15, 0.2) is 48.5 Å². The van der Waals surface area contributed by atoms with Crippen LogP contribution in [0.5, 0.6) is 0 Å². The van der Waals surface area contributed by atoms with Gasteiger partial charge < -0.3 is 0 Å². The fourth-order valence-electron chi connectivity index (χ4n) is 3.10. The van der Waals surface area contributed by atoms with Crippen molar-refractivity contribution >= 4 is 0 Å². The lowest BCUT2D eigenvalue weighted by atomic mass is 9.75. The van der Waals surface area contributed by atoms with E-state index in [4.69, 9.17) is 5.26 Å². The lowest BCUT2D eigenvalue weighted by Gasteiger charge is -2.29. The van der Waals surface area contributed by atoms with Crippen LogP contribution in [0.3, 0.4) is 0 Å². The first-order valence-electron chi connectivity index (χ1n) is 6.85. The number of fused-ring (bicyclic) bond motifs is 2. The third-order valence-corrected chi connectivity index (χ3v) is 4.05. The smallest absolute Gasteiger partial charge is 0.0653 e. The van der Waals surface area contributed by atoms with Crippen LogP contribution in [0.2, 0.25) is 0 Å². The van der Waals surface area contributed by atoms with Crippen molar-refractivity contribution < 1.29 is 0 Å². The van der Waals surface area contributed by atoms with Crippen LogP contribution in [0, 0.1) is 17.2 Å². The van der Waals surface area contributed by atoms with Gasteiger partial charge in [0.05, 0.1) is 6.07 Å². The monoisotopic (exact) mass is 247 g/mol. The molecule has 1 atom stereocenters. The molecule has 0 spiro atoms. The Kier molecular flexibility index (Phi) is 3.09. The molecule has 0 N–H and O–H groups in total. The lowest BCUT2D eigenvalue weighted by molar-refractivity contribution is 0.587. The summed E-state index contributed by atoms with van der Waals surface area (Å²) in [5.74, 6) is 0.458. The molecule has 1 heteroatoms. The number of benzene rings is 2. The summed E-state index contributed by atoms with van der Waals surface area (Å²) < 4.78 is 0. The molecule has 2 aromatic carbocycles. The molecule has 0 aromatic heterocycles. The van der Waals surface area contributed by atoms with Gasteiger partial charge in [-0.05, 0) is 42.0 Å². The first kappa shape index (κ1) is 12.0. The first-order chi connectivity index (χ1) is 9.29. The summed E-state index contributed by atoms with van der Waals surface area (Å²) in [6.45, 7) is 2.01. The molecular weight excluding hydrogens is 230 g/mol. The second-order valence-corrected chi connectivity index (χ2v) is 5.39. The average Bonchev–Trinajstić information content (AvgIpc) is 2.46. The van der Waals surface area contributed by atoms with Crippen LogP contribution in [0.4, 0.5) is 0 Å². The van der Waals surface area contributed by atoms with Gasteiger partial charge in [0.2, 0.25) is 0 Å². The van der Waals surface area contributed by atoms with E-state index >= 15 is 0 Å². The second kappa shape index (κ2) is 4.90. The number of hydrogen-bond acceptors (Lipinski definition) is 1. The maximum atomic E-state index is 9.11. The van der Waals surface area contributed by atoms with E-state index in [-0.39, 0.29) is 5.92 Å². The molecule has 1 unspecified atom stereocenters. The molecule has 19 heavy (non-hydrogen) atoms. The first-order valence-corrected chi connectivity index (χ1v) is 6.85. The molecule has 0 aliphatic heterocycles. The zero-order valence-electron chi connectivity index (χ0n) is 11.1. The Morgan fingerprint density at radius 1 is 1.05 bits per heavy atom. The number of hydrogen-bond donors (Lipinski definition) is 0. The molecule has 0 amide bonds. The van der Waals surface area contributed by atoms with E-state index < -0.39 is 0 Å². The van der Waals surface area contributed by atoms with Crippen molar-refractivity contribution in [2.45, 2.75) is 25.7 Å². The van der Waals surface area contributed by atoms with E-state index in [2.05, 4.69) is 54.6 Å². The summed E-state index contributed by atoms with van der Waals surface area (Å²) in [5, 5.41) is 9.11. The third kappa shape index (κ3) is 2.15. The van der Waals surface area contributed by atoms with Crippen LogP contribution >= 0.6 is 0 Å². The normalized spacial score (nSPS) is 15.2. The highest BCUT2D eigenvalue weighted by molar-refractivity contribution is 5.49. The van der Waals surface area contributed by atoms with Gasteiger partial charge in [0.25, 0.3) is 0 Å². The van der Waals surface area contributed by atoms with Crippen LogP contribution in [-0.2, 0) is 6.42 Å². The van der Waals surface area contributed by atoms with E-state index in [0.717, 1.165) is 12.8 Å². The van der Waals surface area contributed by atoms with Crippen LogP contribution in [0.1, 0.15) is 41.5 Å². The fourth-order valence-corrected chi connectivity index (χ4v) is 3.10. The van der Waals surface area contributed by atoms with E-state index in [0.29, 0.717) is 5.92 Å². The fraction of sp³-hybridized carbons (Fsp3) is 0.278. The Labute approximate surface area is 114 Å². The zero-order valence-corrected chi connectivity index (χ0v) is 11.1. The van der Waals surface area contributed by atoms with Gasteiger partial charge in [-0.3, -0.25) is 0 Å². The molecule has 2 aromatic rings. The summed E-state index contributed by atoms with van der Waals surface area (Å²) in [4.78, 5) is 0. The SMILES string of the molecule is CC(C#N)CC1c2ccccc2Cc2ccccc21. The summed E-state index contributed by atoms with van der Waals surface area (Å²) in [7, 11) is 0. The van der Waals surface area contributed by atoms with Crippen molar-refractivity contribution in [3.05, 3.63) is 70.8 Å². The van der Waals surface area contributed by atoms with Gasteiger partial charge in [-0.2, -0.15) is 5.26 Å². The number of nitrogens with zero attached hydrogens (tertiary/aromatic N) is 1. The maximum Gasteiger partial charge on any atom is 0.0653 e. The van der Waals surface area contributed by atoms with E-state index in [1.165, 1.54) is 22.3 Å². The van der Waals surface area contributed by atoms with Crippen LogP contribution < -0.4 is 0 Å². The molecule has 0 bridgehead atoms. The lowest BCUT2D eigenvalue weighted by Crippen LogP contribution is -2.15. The van der Waals surface area contributed by atoms with Gasteiger partial charge in [-0.15, -0.1) is 0 Å². The largest absolute Gasteiger partial charge is 0.198 e. The van der Waals surface area contributed by atoms with Crippen LogP contribution in [-0.4, -0.2) is 0 Å². The molecule has 1 aliphatic rings. The van der Waals surface area contributed by atoms with Crippen molar-refractivity contribution in [3.63, 3.8) is 0 Å².